The zero-order valence-electron chi connectivity index (χ0n) is 12.7. The molecule has 0 radical (unpaired) electrons. The number of aromatic nitrogens is 1. The van der Waals surface area contributed by atoms with E-state index in [2.05, 4.69) is 4.98 Å². The third kappa shape index (κ3) is 3.24. The first kappa shape index (κ1) is 15.2. The summed E-state index contributed by atoms with van der Waals surface area (Å²) < 4.78 is 12.9. The molecule has 3 rings (SSSR count). The lowest BCUT2D eigenvalue weighted by atomic mass is 10.1. The van der Waals surface area contributed by atoms with Gasteiger partial charge in [-0.25, -0.2) is 4.39 Å². The van der Waals surface area contributed by atoms with Crippen molar-refractivity contribution in [3.63, 3.8) is 0 Å². The van der Waals surface area contributed by atoms with Gasteiger partial charge >= 0.3 is 0 Å². The van der Waals surface area contributed by atoms with Crippen molar-refractivity contribution in [3.8, 4) is 0 Å². The van der Waals surface area contributed by atoms with E-state index in [9.17, 15) is 14.3 Å². The van der Waals surface area contributed by atoms with Crippen molar-refractivity contribution >= 4 is 16.8 Å². The van der Waals surface area contributed by atoms with Gasteiger partial charge in [0.05, 0.1) is 12.6 Å². The Kier molecular flexibility index (Phi) is 4.12. The second-order valence-electron chi connectivity index (χ2n) is 5.53. The highest BCUT2D eigenvalue weighted by Gasteiger charge is 2.17. The molecular weight excluding hydrogens is 295 g/mol. The molecule has 2 aromatic carbocycles. The molecule has 0 bridgehead atoms. The van der Waals surface area contributed by atoms with Gasteiger partial charge in [0.1, 0.15) is 5.82 Å². The van der Waals surface area contributed by atoms with Gasteiger partial charge in [0, 0.05) is 24.3 Å². The maximum atomic E-state index is 12.9. The zero-order valence-corrected chi connectivity index (χ0v) is 12.7. The minimum absolute atomic E-state index is 0.132. The van der Waals surface area contributed by atoms with Crippen molar-refractivity contribution in [2.45, 2.75) is 6.10 Å². The van der Waals surface area contributed by atoms with E-state index in [1.165, 1.54) is 29.2 Å². The van der Waals surface area contributed by atoms with E-state index < -0.39 is 6.10 Å². The van der Waals surface area contributed by atoms with Gasteiger partial charge in [0.25, 0.3) is 5.91 Å². The molecule has 1 amide bonds. The minimum atomic E-state index is -0.862. The number of rotatable bonds is 4. The molecule has 0 unspecified atom stereocenters. The summed E-state index contributed by atoms with van der Waals surface area (Å²) in [6.07, 6.45) is 0.958. The van der Waals surface area contributed by atoms with E-state index in [-0.39, 0.29) is 18.3 Å². The van der Waals surface area contributed by atoms with Gasteiger partial charge in [-0.1, -0.05) is 18.2 Å². The van der Waals surface area contributed by atoms with Crippen LogP contribution >= 0.6 is 0 Å². The summed E-state index contributed by atoms with van der Waals surface area (Å²) in [5.41, 5.74) is 2.02. The molecule has 0 saturated heterocycles. The molecule has 1 aromatic heterocycles. The molecule has 23 heavy (non-hydrogen) atoms. The van der Waals surface area contributed by atoms with Crippen LogP contribution in [0.1, 0.15) is 22.0 Å². The standard InChI is InChI=1S/C18H17FN2O2/c1-21(11-17(22)13-4-6-15(19)7-5-13)18(23)14-3-2-12-8-9-20-16(12)10-14/h2-10,17,20,22H,11H2,1H3/t17-/m1/s1. The molecule has 0 aliphatic heterocycles. The number of halogens is 1. The first-order valence-corrected chi connectivity index (χ1v) is 7.31. The molecule has 5 heteroatoms. The van der Waals surface area contributed by atoms with Gasteiger partial charge in [0.2, 0.25) is 0 Å². The van der Waals surface area contributed by atoms with E-state index in [0.29, 0.717) is 11.1 Å². The van der Waals surface area contributed by atoms with Crippen molar-refractivity contribution in [1.82, 2.24) is 9.88 Å². The number of aliphatic hydroxyl groups is 1. The number of carbonyl (C=O) groups is 1. The number of aliphatic hydroxyl groups excluding tert-OH is 1. The molecule has 0 spiro atoms. The summed E-state index contributed by atoms with van der Waals surface area (Å²) in [4.78, 5) is 17.0. The van der Waals surface area contributed by atoms with Gasteiger partial charge in [-0.15, -0.1) is 0 Å². The van der Waals surface area contributed by atoms with Crippen LogP contribution < -0.4 is 0 Å². The predicted molar refractivity (Wildman–Crippen MR) is 86.6 cm³/mol. The lowest BCUT2D eigenvalue weighted by Crippen LogP contribution is -2.31. The molecule has 0 aliphatic rings. The highest BCUT2D eigenvalue weighted by atomic mass is 19.1. The van der Waals surface area contributed by atoms with Crippen LogP contribution in [-0.2, 0) is 0 Å². The number of aromatic amines is 1. The fourth-order valence-electron chi connectivity index (χ4n) is 2.53. The average Bonchev–Trinajstić information content (AvgIpc) is 3.02. The molecule has 0 fully saturated rings. The summed E-state index contributed by atoms with van der Waals surface area (Å²) in [6.45, 7) is 0.132. The van der Waals surface area contributed by atoms with Crippen molar-refractivity contribution in [1.29, 1.82) is 0 Å². The Labute approximate surface area is 133 Å². The molecule has 4 nitrogen and oxygen atoms in total. The molecule has 3 aromatic rings. The Bertz CT molecular complexity index is 826. The maximum absolute atomic E-state index is 12.9. The summed E-state index contributed by atoms with van der Waals surface area (Å²) in [7, 11) is 1.63. The number of fused-ring (bicyclic) bond motifs is 1. The predicted octanol–water partition coefficient (Wildman–Crippen LogP) is 3.11. The van der Waals surface area contributed by atoms with Crippen molar-refractivity contribution in [2.24, 2.45) is 0 Å². The Balaban J connectivity index is 1.72. The number of hydrogen-bond donors (Lipinski definition) is 2. The molecular formula is C18H17FN2O2. The number of benzene rings is 2. The summed E-state index contributed by atoms with van der Waals surface area (Å²) in [5.74, 6) is -0.535. The van der Waals surface area contributed by atoms with E-state index in [1.54, 1.807) is 19.2 Å². The van der Waals surface area contributed by atoms with E-state index in [0.717, 1.165) is 10.9 Å². The van der Waals surface area contributed by atoms with Crippen LogP contribution in [0.4, 0.5) is 4.39 Å². The van der Waals surface area contributed by atoms with Crippen LogP contribution in [-0.4, -0.2) is 34.5 Å². The largest absolute Gasteiger partial charge is 0.387 e. The normalized spacial score (nSPS) is 12.3. The molecule has 118 valence electrons. The van der Waals surface area contributed by atoms with E-state index in [4.69, 9.17) is 0 Å². The summed E-state index contributed by atoms with van der Waals surface area (Å²) >= 11 is 0. The SMILES string of the molecule is CN(C[C@@H](O)c1ccc(F)cc1)C(=O)c1ccc2cc[nH]c2c1. The number of amides is 1. The Morgan fingerprint density at radius 2 is 1.96 bits per heavy atom. The van der Waals surface area contributed by atoms with Crippen LogP contribution in [0, 0.1) is 5.82 Å². The molecule has 0 saturated carbocycles. The van der Waals surface area contributed by atoms with Gasteiger partial charge < -0.3 is 15.0 Å². The number of H-pyrrole nitrogens is 1. The lowest BCUT2D eigenvalue weighted by molar-refractivity contribution is 0.0681. The number of nitrogens with zero attached hydrogens (tertiary/aromatic N) is 1. The first-order chi connectivity index (χ1) is 11.0. The van der Waals surface area contributed by atoms with E-state index >= 15 is 0 Å². The number of likely N-dealkylation sites (N-methyl/N-ethyl adjacent to an activating group) is 1. The van der Waals surface area contributed by atoms with E-state index in [1.807, 2.05) is 18.3 Å². The monoisotopic (exact) mass is 312 g/mol. The van der Waals surface area contributed by atoms with Crippen LogP contribution in [0.25, 0.3) is 10.9 Å². The second-order valence-corrected chi connectivity index (χ2v) is 5.53. The highest BCUT2D eigenvalue weighted by Crippen LogP contribution is 2.18. The number of hydrogen-bond acceptors (Lipinski definition) is 2. The smallest absolute Gasteiger partial charge is 0.253 e. The van der Waals surface area contributed by atoms with Gasteiger partial charge in [-0.3, -0.25) is 4.79 Å². The first-order valence-electron chi connectivity index (χ1n) is 7.31. The third-order valence-corrected chi connectivity index (χ3v) is 3.85. The van der Waals surface area contributed by atoms with Crippen LogP contribution in [0.2, 0.25) is 0 Å². The topological polar surface area (TPSA) is 56.3 Å². The average molecular weight is 312 g/mol. The van der Waals surface area contributed by atoms with Gasteiger partial charge in [-0.2, -0.15) is 0 Å². The van der Waals surface area contributed by atoms with Gasteiger partial charge in [-0.05, 0) is 41.3 Å². The Morgan fingerprint density at radius 1 is 1.22 bits per heavy atom. The van der Waals surface area contributed by atoms with Crippen molar-refractivity contribution in [3.05, 3.63) is 71.7 Å². The van der Waals surface area contributed by atoms with Crippen molar-refractivity contribution in [2.75, 3.05) is 13.6 Å². The number of carbonyl (C=O) groups excluding carboxylic acids is 1. The van der Waals surface area contributed by atoms with Crippen molar-refractivity contribution < 1.29 is 14.3 Å². The lowest BCUT2D eigenvalue weighted by Gasteiger charge is -2.21. The summed E-state index contributed by atoms with van der Waals surface area (Å²) in [6, 6.07) is 13.0. The maximum Gasteiger partial charge on any atom is 0.253 e. The van der Waals surface area contributed by atoms with Crippen LogP contribution in [0.15, 0.2) is 54.7 Å². The van der Waals surface area contributed by atoms with Gasteiger partial charge in [0.15, 0.2) is 0 Å². The fourth-order valence-corrected chi connectivity index (χ4v) is 2.53. The molecule has 0 aliphatic carbocycles. The molecule has 1 atom stereocenters. The summed E-state index contributed by atoms with van der Waals surface area (Å²) in [5, 5.41) is 11.2. The highest BCUT2D eigenvalue weighted by molar-refractivity contribution is 5.97. The quantitative estimate of drug-likeness (QED) is 0.778. The Morgan fingerprint density at radius 3 is 2.70 bits per heavy atom. The zero-order chi connectivity index (χ0) is 16.4. The van der Waals surface area contributed by atoms with Crippen LogP contribution in [0.3, 0.4) is 0 Å². The van der Waals surface area contributed by atoms with Crippen LogP contribution in [0.5, 0.6) is 0 Å². The second kappa shape index (κ2) is 6.22. The Hall–Kier alpha value is -2.66. The fraction of sp³-hybridized carbons (Fsp3) is 0.167. The molecule has 2 N–H and O–H groups in total. The number of nitrogens with one attached hydrogen (secondary N) is 1. The third-order valence-electron chi connectivity index (χ3n) is 3.85. The minimum Gasteiger partial charge on any atom is -0.387 e. The molecule has 1 heterocycles.